The van der Waals surface area contributed by atoms with Crippen molar-refractivity contribution >= 4 is 0 Å². The number of benzene rings is 1. The summed E-state index contributed by atoms with van der Waals surface area (Å²) in [4.78, 5) is 0. The minimum Gasteiger partial charge on any atom is -0.306 e. The second-order valence-corrected chi connectivity index (χ2v) is 5.77. The van der Waals surface area contributed by atoms with E-state index in [1.807, 2.05) is 20.8 Å². The van der Waals surface area contributed by atoms with Gasteiger partial charge in [-0.1, -0.05) is 17.3 Å². The van der Waals surface area contributed by atoms with Crippen LogP contribution in [0.25, 0.3) is 5.69 Å². The highest BCUT2D eigenvalue weighted by Crippen LogP contribution is 2.33. The Hall–Kier alpha value is -1.89. The van der Waals surface area contributed by atoms with Gasteiger partial charge in [0.2, 0.25) is 0 Å². The van der Waals surface area contributed by atoms with E-state index >= 15 is 0 Å². The van der Waals surface area contributed by atoms with Gasteiger partial charge in [-0.05, 0) is 32.9 Å². The third kappa shape index (κ3) is 4.04. The quantitative estimate of drug-likeness (QED) is 0.946. The zero-order valence-corrected chi connectivity index (χ0v) is 12.1. The van der Waals surface area contributed by atoms with E-state index in [1.165, 1.54) is 18.3 Å². The van der Waals surface area contributed by atoms with Crippen LogP contribution in [-0.2, 0) is 12.7 Å². The van der Waals surface area contributed by atoms with Gasteiger partial charge in [0.05, 0.1) is 23.1 Å². The van der Waals surface area contributed by atoms with Crippen molar-refractivity contribution in [1.82, 2.24) is 20.3 Å². The lowest BCUT2D eigenvalue weighted by atomic mass is 10.1. The van der Waals surface area contributed by atoms with Crippen molar-refractivity contribution in [3.05, 3.63) is 41.7 Å². The molecule has 0 radical (unpaired) electrons. The van der Waals surface area contributed by atoms with Gasteiger partial charge >= 0.3 is 6.18 Å². The Morgan fingerprint density at radius 2 is 1.81 bits per heavy atom. The van der Waals surface area contributed by atoms with Crippen molar-refractivity contribution in [3.63, 3.8) is 0 Å². The lowest BCUT2D eigenvalue weighted by molar-refractivity contribution is -0.137. The topological polar surface area (TPSA) is 42.7 Å². The molecule has 0 spiro atoms. The summed E-state index contributed by atoms with van der Waals surface area (Å²) in [6, 6.07) is 5.30. The first-order valence-electron chi connectivity index (χ1n) is 6.50. The molecule has 0 aliphatic heterocycles. The van der Waals surface area contributed by atoms with Crippen LogP contribution in [-0.4, -0.2) is 20.5 Å². The van der Waals surface area contributed by atoms with Gasteiger partial charge in [0.15, 0.2) is 0 Å². The Balaban J connectivity index is 2.26. The van der Waals surface area contributed by atoms with Crippen LogP contribution in [0, 0.1) is 0 Å². The van der Waals surface area contributed by atoms with Crippen molar-refractivity contribution in [2.75, 3.05) is 0 Å². The summed E-state index contributed by atoms with van der Waals surface area (Å²) in [6.07, 6.45) is -2.92. The average molecular weight is 298 g/mol. The van der Waals surface area contributed by atoms with Crippen LogP contribution < -0.4 is 5.32 Å². The number of hydrogen-bond donors (Lipinski definition) is 1. The first-order chi connectivity index (χ1) is 9.67. The number of hydrogen-bond acceptors (Lipinski definition) is 3. The Bertz CT molecular complexity index is 611. The van der Waals surface area contributed by atoms with Crippen LogP contribution >= 0.6 is 0 Å². The fraction of sp³-hybridized carbons (Fsp3) is 0.429. The lowest BCUT2D eigenvalue weighted by Crippen LogP contribution is -2.35. The Morgan fingerprint density at radius 1 is 1.14 bits per heavy atom. The molecule has 0 aliphatic carbocycles. The molecule has 0 atom stereocenters. The molecule has 0 saturated heterocycles. The number of nitrogens with zero attached hydrogens (tertiary/aromatic N) is 3. The number of para-hydroxylation sites is 1. The predicted octanol–water partition coefficient (Wildman–Crippen LogP) is 3.17. The molecule has 0 aliphatic rings. The fourth-order valence-corrected chi connectivity index (χ4v) is 1.77. The fourth-order valence-electron chi connectivity index (χ4n) is 1.77. The Kier molecular flexibility index (Phi) is 4.04. The van der Waals surface area contributed by atoms with Crippen molar-refractivity contribution in [2.45, 2.75) is 39.0 Å². The number of rotatable bonds is 3. The molecule has 114 valence electrons. The standard InChI is InChI=1S/C14H17F3N4/c1-13(2,3)18-8-10-9-21(20-19-10)12-7-5-4-6-11(12)14(15,16)17/h4-7,9,18H,8H2,1-3H3. The number of halogens is 3. The third-order valence-electron chi connectivity index (χ3n) is 2.80. The smallest absolute Gasteiger partial charge is 0.306 e. The van der Waals surface area contributed by atoms with E-state index < -0.39 is 11.7 Å². The number of alkyl halides is 3. The molecule has 2 aromatic rings. The zero-order chi connectivity index (χ0) is 15.7. The monoisotopic (exact) mass is 298 g/mol. The minimum absolute atomic E-state index is 0.0282. The van der Waals surface area contributed by atoms with Crippen molar-refractivity contribution < 1.29 is 13.2 Å². The van der Waals surface area contributed by atoms with Crippen LogP contribution in [0.4, 0.5) is 13.2 Å². The first-order valence-corrected chi connectivity index (χ1v) is 6.50. The predicted molar refractivity (Wildman–Crippen MR) is 73.0 cm³/mol. The van der Waals surface area contributed by atoms with Crippen LogP contribution in [0.15, 0.2) is 30.5 Å². The second-order valence-electron chi connectivity index (χ2n) is 5.77. The van der Waals surface area contributed by atoms with Gasteiger partial charge < -0.3 is 5.32 Å². The maximum Gasteiger partial charge on any atom is 0.418 e. The lowest BCUT2D eigenvalue weighted by Gasteiger charge is -2.19. The van der Waals surface area contributed by atoms with E-state index in [4.69, 9.17) is 0 Å². The molecule has 0 bridgehead atoms. The van der Waals surface area contributed by atoms with E-state index in [-0.39, 0.29) is 11.2 Å². The van der Waals surface area contributed by atoms with Crippen LogP contribution in [0.2, 0.25) is 0 Å². The maximum absolute atomic E-state index is 13.0. The summed E-state index contributed by atoms with van der Waals surface area (Å²) in [5.41, 5.74) is -0.278. The molecule has 0 saturated carbocycles. The molecule has 2 rings (SSSR count). The summed E-state index contributed by atoms with van der Waals surface area (Å²) in [5, 5.41) is 10.9. The number of aromatic nitrogens is 3. The highest BCUT2D eigenvalue weighted by atomic mass is 19.4. The van der Waals surface area contributed by atoms with Gasteiger partial charge in [-0.25, -0.2) is 4.68 Å². The molecule has 1 N–H and O–H groups in total. The average Bonchev–Trinajstić information content (AvgIpc) is 2.83. The maximum atomic E-state index is 13.0. The number of nitrogens with one attached hydrogen (secondary N) is 1. The molecule has 1 aromatic carbocycles. The second kappa shape index (κ2) is 5.48. The molecule has 1 aromatic heterocycles. The van der Waals surface area contributed by atoms with E-state index in [0.717, 1.165) is 10.7 Å². The van der Waals surface area contributed by atoms with Crippen molar-refractivity contribution in [2.24, 2.45) is 0 Å². The molecule has 1 heterocycles. The molecule has 4 nitrogen and oxygen atoms in total. The molecule has 7 heteroatoms. The van der Waals surface area contributed by atoms with Crippen molar-refractivity contribution in [1.29, 1.82) is 0 Å². The SMILES string of the molecule is CC(C)(C)NCc1cn(-c2ccccc2C(F)(F)F)nn1. The summed E-state index contributed by atoms with van der Waals surface area (Å²) in [7, 11) is 0. The van der Waals surface area contributed by atoms with Crippen LogP contribution in [0.5, 0.6) is 0 Å². The minimum atomic E-state index is -4.42. The van der Waals surface area contributed by atoms with Gasteiger partial charge in [-0.3, -0.25) is 0 Å². The summed E-state index contributed by atoms with van der Waals surface area (Å²) < 4.78 is 40.1. The van der Waals surface area contributed by atoms with Gasteiger partial charge in [-0.15, -0.1) is 5.10 Å². The molecule has 0 amide bonds. The van der Waals surface area contributed by atoms with Gasteiger partial charge in [0.1, 0.15) is 0 Å². The van der Waals surface area contributed by atoms with Crippen LogP contribution in [0.3, 0.4) is 0 Å². The summed E-state index contributed by atoms with van der Waals surface area (Å²) >= 11 is 0. The Labute approximate surface area is 121 Å². The molecular weight excluding hydrogens is 281 g/mol. The van der Waals surface area contributed by atoms with Gasteiger partial charge in [0, 0.05) is 12.1 Å². The largest absolute Gasteiger partial charge is 0.418 e. The van der Waals surface area contributed by atoms with Gasteiger partial charge in [0.25, 0.3) is 0 Å². The van der Waals surface area contributed by atoms with E-state index in [0.29, 0.717) is 12.2 Å². The molecular formula is C14H17F3N4. The molecule has 21 heavy (non-hydrogen) atoms. The first kappa shape index (κ1) is 15.5. The van der Waals surface area contributed by atoms with E-state index in [9.17, 15) is 13.2 Å². The van der Waals surface area contributed by atoms with Crippen molar-refractivity contribution in [3.8, 4) is 5.69 Å². The van der Waals surface area contributed by atoms with Gasteiger partial charge in [-0.2, -0.15) is 13.2 Å². The molecule has 0 fully saturated rings. The Morgan fingerprint density at radius 3 is 2.43 bits per heavy atom. The van der Waals surface area contributed by atoms with E-state index in [2.05, 4.69) is 15.6 Å². The highest BCUT2D eigenvalue weighted by molar-refractivity contribution is 5.42. The summed E-state index contributed by atoms with van der Waals surface area (Å²) in [6.45, 7) is 6.43. The molecule has 0 unspecified atom stereocenters. The normalized spacial score (nSPS) is 12.7. The highest BCUT2D eigenvalue weighted by Gasteiger charge is 2.34. The van der Waals surface area contributed by atoms with Crippen LogP contribution in [0.1, 0.15) is 32.0 Å². The summed E-state index contributed by atoms with van der Waals surface area (Å²) in [5.74, 6) is 0. The third-order valence-corrected chi connectivity index (χ3v) is 2.80. The van der Waals surface area contributed by atoms with E-state index in [1.54, 1.807) is 6.07 Å². The zero-order valence-electron chi connectivity index (χ0n) is 12.1.